The molecule has 0 aliphatic carbocycles. The van der Waals surface area contributed by atoms with Crippen LogP contribution in [0.2, 0.25) is 0 Å². The molecule has 2 heterocycles. The Kier molecular flexibility index (Phi) is 5.05. The second-order valence-corrected chi connectivity index (χ2v) is 5.51. The molecule has 0 aromatic heterocycles. The summed E-state index contributed by atoms with van der Waals surface area (Å²) in [5.41, 5.74) is 0. The molecule has 2 saturated heterocycles. The second-order valence-electron chi connectivity index (χ2n) is 5.51. The third-order valence-corrected chi connectivity index (χ3v) is 4.03. The first kappa shape index (κ1) is 14.9. The van der Waals surface area contributed by atoms with Crippen LogP contribution in [0.1, 0.15) is 26.2 Å². The monoisotopic (exact) mass is 284 g/mol. The Balaban J connectivity index is 1.77. The highest BCUT2D eigenvalue weighted by molar-refractivity contribution is 5.75. The Morgan fingerprint density at radius 1 is 1.30 bits per heavy atom. The minimum Gasteiger partial charge on any atom is -0.453 e. The molecule has 0 spiro atoms. The van der Waals surface area contributed by atoms with Crippen molar-refractivity contribution in [3.63, 3.8) is 0 Å². The molecule has 7 heteroatoms. The van der Waals surface area contributed by atoms with E-state index in [1.54, 1.807) is 4.90 Å². The fraction of sp³-hybridized carbons (Fsp3) is 0.846. The average Bonchev–Trinajstić information content (AvgIpc) is 2.83. The molecule has 0 aromatic carbocycles. The number of rotatable bonds is 2. The van der Waals surface area contributed by atoms with Crippen LogP contribution in [0.3, 0.4) is 0 Å². The number of nitrogens with one attached hydrogen (secondary N) is 3. The smallest absolute Gasteiger partial charge is 0.409 e. The van der Waals surface area contributed by atoms with E-state index in [1.165, 1.54) is 7.11 Å². The molecule has 0 saturated carbocycles. The van der Waals surface area contributed by atoms with Crippen LogP contribution in [0, 0.1) is 0 Å². The molecule has 3 atom stereocenters. The maximum Gasteiger partial charge on any atom is 0.409 e. The van der Waals surface area contributed by atoms with Crippen LogP contribution >= 0.6 is 0 Å². The molecule has 1 unspecified atom stereocenters. The van der Waals surface area contributed by atoms with Gasteiger partial charge in [0.1, 0.15) is 0 Å². The van der Waals surface area contributed by atoms with E-state index in [0.717, 1.165) is 25.8 Å². The molecule has 2 aliphatic rings. The number of likely N-dealkylation sites (tertiary alicyclic amines) is 1. The van der Waals surface area contributed by atoms with Crippen LogP contribution < -0.4 is 16.0 Å². The van der Waals surface area contributed by atoms with Crippen LogP contribution in [0.5, 0.6) is 0 Å². The minimum absolute atomic E-state index is 0.00693. The van der Waals surface area contributed by atoms with Gasteiger partial charge in [0.05, 0.1) is 7.11 Å². The third-order valence-electron chi connectivity index (χ3n) is 4.03. The number of amides is 3. The predicted octanol–water partition coefficient (Wildman–Crippen LogP) is 0.267. The first-order valence-electron chi connectivity index (χ1n) is 7.23. The molecule has 20 heavy (non-hydrogen) atoms. The molecule has 114 valence electrons. The lowest BCUT2D eigenvalue weighted by molar-refractivity contribution is 0.108. The summed E-state index contributed by atoms with van der Waals surface area (Å²) in [6, 6.07) is 0.323. The number of carbonyl (C=O) groups is 2. The lowest BCUT2D eigenvalue weighted by Crippen LogP contribution is -2.54. The molecule has 7 nitrogen and oxygen atoms in total. The molecular formula is C13H24N4O3. The van der Waals surface area contributed by atoms with E-state index >= 15 is 0 Å². The summed E-state index contributed by atoms with van der Waals surface area (Å²) >= 11 is 0. The zero-order valence-corrected chi connectivity index (χ0v) is 12.1. The van der Waals surface area contributed by atoms with Crippen molar-refractivity contribution in [1.82, 2.24) is 20.9 Å². The second kappa shape index (κ2) is 6.78. The normalized spacial score (nSPS) is 29.9. The van der Waals surface area contributed by atoms with Gasteiger partial charge in [0, 0.05) is 31.2 Å². The summed E-state index contributed by atoms with van der Waals surface area (Å²) in [6.45, 7) is 4.21. The highest BCUT2D eigenvalue weighted by Crippen LogP contribution is 2.11. The number of methoxy groups -OCH3 is 1. The molecule has 2 fully saturated rings. The van der Waals surface area contributed by atoms with Gasteiger partial charge in [-0.15, -0.1) is 0 Å². The molecule has 0 bridgehead atoms. The van der Waals surface area contributed by atoms with Gasteiger partial charge in [0.25, 0.3) is 0 Å². The van der Waals surface area contributed by atoms with Crippen molar-refractivity contribution in [1.29, 1.82) is 0 Å². The lowest BCUT2D eigenvalue weighted by atomic mass is 10.1. The van der Waals surface area contributed by atoms with Crippen molar-refractivity contribution in [3.8, 4) is 0 Å². The number of carbonyl (C=O) groups excluding carboxylic acids is 2. The number of urea groups is 1. The SMILES string of the molecule is COC(=O)N1CCCC(NC(=O)N[C@H]2CCN[C@@H]2C)C1. The van der Waals surface area contributed by atoms with Gasteiger partial charge in [-0.2, -0.15) is 0 Å². The molecule has 2 rings (SSSR count). The zero-order chi connectivity index (χ0) is 14.5. The Bertz CT molecular complexity index is 364. The molecule has 0 aromatic rings. The van der Waals surface area contributed by atoms with Crippen LogP contribution in [0.15, 0.2) is 0 Å². The minimum atomic E-state index is -0.328. The van der Waals surface area contributed by atoms with E-state index in [0.29, 0.717) is 19.1 Å². The maximum absolute atomic E-state index is 12.0. The van der Waals surface area contributed by atoms with Gasteiger partial charge in [-0.25, -0.2) is 9.59 Å². The molecule has 0 radical (unpaired) electrons. The predicted molar refractivity (Wildman–Crippen MR) is 74.5 cm³/mol. The van der Waals surface area contributed by atoms with Gasteiger partial charge >= 0.3 is 12.1 Å². The van der Waals surface area contributed by atoms with Crippen LogP contribution in [-0.2, 0) is 4.74 Å². The maximum atomic E-state index is 12.0. The Morgan fingerprint density at radius 3 is 2.75 bits per heavy atom. The molecule has 3 amide bonds. The summed E-state index contributed by atoms with van der Waals surface area (Å²) < 4.78 is 4.72. The van der Waals surface area contributed by atoms with Crippen molar-refractivity contribution in [2.45, 2.75) is 44.3 Å². The largest absolute Gasteiger partial charge is 0.453 e. The lowest BCUT2D eigenvalue weighted by Gasteiger charge is -2.32. The highest BCUT2D eigenvalue weighted by atomic mass is 16.5. The van der Waals surface area contributed by atoms with Crippen molar-refractivity contribution in [2.24, 2.45) is 0 Å². The Morgan fingerprint density at radius 2 is 2.10 bits per heavy atom. The van der Waals surface area contributed by atoms with Crippen molar-refractivity contribution < 1.29 is 14.3 Å². The van der Waals surface area contributed by atoms with E-state index in [1.807, 2.05) is 0 Å². The highest BCUT2D eigenvalue weighted by Gasteiger charge is 2.28. The van der Waals surface area contributed by atoms with Gasteiger partial charge in [-0.05, 0) is 32.7 Å². The van der Waals surface area contributed by atoms with Gasteiger partial charge in [-0.3, -0.25) is 0 Å². The number of nitrogens with zero attached hydrogens (tertiary/aromatic N) is 1. The first-order chi connectivity index (χ1) is 9.60. The number of hydrogen-bond donors (Lipinski definition) is 3. The topological polar surface area (TPSA) is 82.7 Å². The van der Waals surface area contributed by atoms with Gasteiger partial charge < -0.3 is 25.6 Å². The Labute approximate surface area is 119 Å². The molecule has 2 aliphatic heterocycles. The first-order valence-corrected chi connectivity index (χ1v) is 7.23. The van der Waals surface area contributed by atoms with Gasteiger partial charge in [0.2, 0.25) is 0 Å². The van der Waals surface area contributed by atoms with Gasteiger partial charge in [0.15, 0.2) is 0 Å². The van der Waals surface area contributed by atoms with E-state index in [-0.39, 0.29) is 24.2 Å². The molecular weight excluding hydrogens is 260 g/mol. The molecule has 3 N–H and O–H groups in total. The summed E-state index contributed by atoms with van der Waals surface area (Å²) in [5.74, 6) is 0. The fourth-order valence-electron chi connectivity index (χ4n) is 2.84. The van der Waals surface area contributed by atoms with E-state index < -0.39 is 0 Å². The van der Waals surface area contributed by atoms with Gasteiger partial charge in [-0.1, -0.05) is 0 Å². The Hall–Kier alpha value is -1.50. The van der Waals surface area contributed by atoms with Crippen molar-refractivity contribution in [2.75, 3.05) is 26.7 Å². The number of piperidine rings is 1. The third kappa shape index (κ3) is 3.75. The quantitative estimate of drug-likeness (QED) is 0.679. The summed E-state index contributed by atoms with van der Waals surface area (Å²) in [5, 5.41) is 9.23. The van der Waals surface area contributed by atoms with Crippen molar-refractivity contribution >= 4 is 12.1 Å². The number of hydrogen-bond acceptors (Lipinski definition) is 4. The van der Waals surface area contributed by atoms with Crippen LogP contribution in [0.4, 0.5) is 9.59 Å². The zero-order valence-electron chi connectivity index (χ0n) is 12.1. The fourth-order valence-corrected chi connectivity index (χ4v) is 2.84. The summed E-state index contributed by atoms with van der Waals surface area (Å²) in [6.07, 6.45) is 2.39. The van der Waals surface area contributed by atoms with Crippen molar-refractivity contribution in [3.05, 3.63) is 0 Å². The van der Waals surface area contributed by atoms with Crippen LogP contribution in [0.25, 0.3) is 0 Å². The number of ether oxygens (including phenoxy) is 1. The summed E-state index contributed by atoms with van der Waals surface area (Å²) in [4.78, 5) is 25.1. The average molecular weight is 284 g/mol. The van der Waals surface area contributed by atoms with E-state index in [2.05, 4.69) is 22.9 Å². The summed E-state index contributed by atoms with van der Waals surface area (Å²) in [7, 11) is 1.38. The van der Waals surface area contributed by atoms with Crippen LogP contribution in [-0.4, -0.2) is 61.9 Å². The van der Waals surface area contributed by atoms with E-state index in [4.69, 9.17) is 4.74 Å². The standard InChI is InChI=1S/C13H24N4O3/c1-9-11(5-6-14-9)16-12(18)15-10-4-3-7-17(8-10)13(19)20-2/h9-11,14H,3-8H2,1-2H3,(H2,15,16,18)/t9-,10?,11+/m1/s1. The van der Waals surface area contributed by atoms with E-state index in [9.17, 15) is 9.59 Å².